The van der Waals surface area contributed by atoms with E-state index >= 15 is 0 Å². The molecule has 8 heteroatoms. The average Bonchev–Trinajstić information content (AvgIpc) is 2.99. The number of hydrogen-bond donors (Lipinski definition) is 1. The van der Waals surface area contributed by atoms with Crippen LogP contribution in [0.15, 0.2) is 77.7 Å². The number of nitrogens with zero attached hydrogens (tertiary/aromatic N) is 1. The molecule has 1 N–H and O–H groups in total. The monoisotopic (exact) mass is 434 g/mol. The van der Waals surface area contributed by atoms with Crippen LogP contribution in [0.5, 0.6) is 0 Å². The highest BCUT2D eigenvalue weighted by molar-refractivity contribution is 7.90. The highest BCUT2D eigenvalue weighted by Gasteiger charge is 2.35. The van der Waals surface area contributed by atoms with E-state index in [2.05, 4.69) is 5.32 Å². The van der Waals surface area contributed by atoms with Gasteiger partial charge >= 0.3 is 0 Å². The Kier molecular flexibility index (Phi) is 5.16. The predicted octanol–water partition coefficient (Wildman–Crippen LogP) is 3.14. The van der Waals surface area contributed by atoms with Crippen molar-refractivity contribution in [2.75, 3.05) is 11.6 Å². The van der Waals surface area contributed by atoms with Gasteiger partial charge in [-0.15, -0.1) is 0 Å². The number of sulfone groups is 1. The average molecular weight is 434 g/mol. The molecule has 0 aromatic heterocycles. The van der Waals surface area contributed by atoms with Gasteiger partial charge < -0.3 is 5.32 Å². The fourth-order valence-corrected chi connectivity index (χ4v) is 4.05. The Labute approximate surface area is 179 Å². The largest absolute Gasteiger partial charge is 0.322 e. The van der Waals surface area contributed by atoms with E-state index in [0.29, 0.717) is 27.9 Å². The van der Waals surface area contributed by atoms with E-state index in [1.165, 1.54) is 12.1 Å². The second-order valence-corrected chi connectivity index (χ2v) is 9.21. The van der Waals surface area contributed by atoms with E-state index in [-0.39, 0.29) is 23.3 Å². The molecule has 0 aliphatic carbocycles. The van der Waals surface area contributed by atoms with Crippen LogP contribution in [0.4, 0.5) is 5.69 Å². The first kappa shape index (κ1) is 20.5. The Morgan fingerprint density at radius 1 is 0.871 bits per heavy atom. The van der Waals surface area contributed by atoms with Gasteiger partial charge in [-0.1, -0.05) is 30.3 Å². The molecule has 1 heterocycles. The van der Waals surface area contributed by atoms with Crippen LogP contribution in [0.2, 0.25) is 0 Å². The molecule has 0 bridgehead atoms. The van der Waals surface area contributed by atoms with Crippen molar-refractivity contribution in [2.24, 2.45) is 0 Å². The number of rotatable bonds is 5. The summed E-state index contributed by atoms with van der Waals surface area (Å²) in [7, 11) is -3.40. The van der Waals surface area contributed by atoms with Gasteiger partial charge in [0.1, 0.15) is 0 Å². The summed E-state index contributed by atoms with van der Waals surface area (Å²) >= 11 is 0. The van der Waals surface area contributed by atoms with E-state index in [1.807, 2.05) is 0 Å². The summed E-state index contributed by atoms with van der Waals surface area (Å²) < 4.78 is 23.4. The number of nitrogens with one attached hydrogen (secondary N) is 1. The fourth-order valence-electron chi connectivity index (χ4n) is 3.38. The lowest BCUT2D eigenvalue weighted by atomic mass is 10.1. The van der Waals surface area contributed by atoms with Gasteiger partial charge in [-0.05, 0) is 48.0 Å². The molecule has 7 nitrogen and oxygen atoms in total. The maximum Gasteiger partial charge on any atom is 0.261 e. The zero-order valence-electron chi connectivity index (χ0n) is 16.5. The second kappa shape index (κ2) is 7.81. The van der Waals surface area contributed by atoms with Gasteiger partial charge in [0.05, 0.1) is 22.6 Å². The van der Waals surface area contributed by atoms with Gasteiger partial charge in [0, 0.05) is 17.5 Å². The molecule has 156 valence electrons. The maximum absolute atomic E-state index is 12.7. The first-order valence-corrected chi connectivity index (χ1v) is 11.3. The molecule has 1 aliphatic rings. The number of benzene rings is 3. The van der Waals surface area contributed by atoms with Gasteiger partial charge in [0.15, 0.2) is 9.84 Å². The summed E-state index contributed by atoms with van der Waals surface area (Å²) in [5, 5.41) is 2.67. The number of amides is 3. The summed E-state index contributed by atoms with van der Waals surface area (Å²) in [4.78, 5) is 39.0. The standard InChI is InChI=1S/C23H18N2O5S/c1-31(29,30)18-9-5-8-17(13-18)24-21(26)16-7-4-6-15(12-16)14-25-22(27)19-10-2-3-11-20(19)23(25)28/h2-13H,14H2,1H3,(H,24,26). The van der Waals surface area contributed by atoms with E-state index in [4.69, 9.17) is 0 Å². The van der Waals surface area contributed by atoms with Crippen molar-refractivity contribution in [1.82, 2.24) is 4.90 Å². The summed E-state index contributed by atoms with van der Waals surface area (Å²) in [5.74, 6) is -1.17. The minimum atomic E-state index is -3.40. The maximum atomic E-state index is 12.7. The van der Waals surface area contributed by atoms with Gasteiger partial charge in [-0.2, -0.15) is 0 Å². The molecule has 1 aliphatic heterocycles. The van der Waals surface area contributed by atoms with Crippen LogP contribution in [-0.4, -0.2) is 37.3 Å². The van der Waals surface area contributed by atoms with Crippen LogP contribution in [0, 0.1) is 0 Å². The van der Waals surface area contributed by atoms with Crippen molar-refractivity contribution in [3.63, 3.8) is 0 Å². The Bertz CT molecular complexity index is 1300. The summed E-state index contributed by atoms with van der Waals surface area (Å²) in [6, 6.07) is 19.2. The lowest BCUT2D eigenvalue weighted by Crippen LogP contribution is -2.29. The van der Waals surface area contributed by atoms with Crippen molar-refractivity contribution >= 4 is 33.2 Å². The lowest BCUT2D eigenvalue weighted by molar-refractivity contribution is 0.0642. The molecule has 4 rings (SSSR count). The van der Waals surface area contributed by atoms with Crippen LogP contribution >= 0.6 is 0 Å². The first-order valence-electron chi connectivity index (χ1n) is 9.40. The first-order chi connectivity index (χ1) is 14.7. The molecule has 0 saturated carbocycles. The van der Waals surface area contributed by atoms with E-state index < -0.39 is 15.7 Å². The van der Waals surface area contributed by atoms with E-state index in [9.17, 15) is 22.8 Å². The highest BCUT2D eigenvalue weighted by atomic mass is 32.2. The van der Waals surface area contributed by atoms with Crippen molar-refractivity contribution in [3.05, 3.63) is 95.1 Å². The lowest BCUT2D eigenvalue weighted by Gasteiger charge is -2.14. The summed E-state index contributed by atoms with van der Waals surface area (Å²) in [5.41, 5.74) is 2.02. The van der Waals surface area contributed by atoms with Crippen LogP contribution < -0.4 is 5.32 Å². The number of carbonyl (C=O) groups excluding carboxylic acids is 3. The zero-order chi connectivity index (χ0) is 22.2. The number of anilines is 1. The highest BCUT2D eigenvalue weighted by Crippen LogP contribution is 2.24. The molecule has 0 fully saturated rings. The van der Waals surface area contributed by atoms with E-state index in [0.717, 1.165) is 11.2 Å². The van der Waals surface area contributed by atoms with Crippen LogP contribution in [-0.2, 0) is 16.4 Å². The molecule has 3 amide bonds. The molecule has 3 aromatic rings. The topological polar surface area (TPSA) is 101 Å². The number of imide groups is 1. The van der Waals surface area contributed by atoms with Crippen LogP contribution in [0.1, 0.15) is 36.6 Å². The Morgan fingerprint density at radius 2 is 1.52 bits per heavy atom. The number of fused-ring (bicyclic) bond motifs is 1. The predicted molar refractivity (Wildman–Crippen MR) is 115 cm³/mol. The van der Waals surface area contributed by atoms with Crippen LogP contribution in [0.25, 0.3) is 0 Å². The Morgan fingerprint density at radius 3 is 2.16 bits per heavy atom. The van der Waals surface area contributed by atoms with Crippen molar-refractivity contribution < 1.29 is 22.8 Å². The molecular weight excluding hydrogens is 416 g/mol. The van der Waals surface area contributed by atoms with Crippen molar-refractivity contribution in [3.8, 4) is 0 Å². The third-order valence-corrected chi connectivity index (χ3v) is 6.04. The molecule has 31 heavy (non-hydrogen) atoms. The molecule has 3 aromatic carbocycles. The molecule has 0 radical (unpaired) electrons. The third kappa shape index (κ3) is 4.10. The molecule has 0 spiro atoms. The van der Waals surface area contributed by atoms with Crippen molar-refractivity contribution in [2.45, 2.75) is 11.4 Å². The van der Waals surface area contributed by atoms with Gasteiger partial charge in [0.25, 0.3) is 17.7 Å². The molecule has 0 atom stereocenters. The normalized spacial score (nSPS) is 13.3. The van der Waals surface area contributed by atoms with Crippen molar-refractivity contribution in [1.29, 1.82) is 0 Å². The van der Waals surface area contributed by atoms with Crippen LogP contribution in [0.3, 0.4) is 0 Å². The quantitative estimate of drug-likeness (QED) is 0.622. The van der Waals surface area contributed by atoms with Gasteiger partial charge in [-0.3, -0.25) is 19.3 Å². The van der Waals surface area contributed by atoms with E-state index in [1.54, 1.807) is 60.7 Å². The Balaban J connectivity index is 1.52. The smallest absolute Gasteiger partial charge is 0.261 e. The third-order valence-electron chi connectivity index (χ3n) is 4.93. The zero-order valence-corrected chi connectivity index (χ0v) is 17.3. The number of hydrogen-bond acceptors (Lipinski definition) is 5. The minimum Gasteiger partial charge on any atom is -0.322 e. The Hall–Kier alpha value is -3.78. The van der Waals surface area contributed by atoms with Gasteiger partial charge in [-0.25, -0.2) is 8.42 Å². The molecular formula is C23H18N2O5S. The fraction of sp³-hybridized carbons (Fsp3) is 0.0870. The number of carbonyl (C=O) groups is 3. The molecule has 0 unspecified atom stereocenters. The summed E-state index contributed by atoms with van der Waals surface area (Å²) in [6.07, 6.45) is 1.09. The minimum absolute atomic E-state index is 0.0387. The van der Waals surface area contributed by atoms with Gasteiger partial charge in [0.2, 0.25) is 0 Å². The molecule has 0 saturated heterocycles. The SMILES string of the molecule is CS(=O)(=O)c1cccc(NC(=O)c2cccc(CN3C(=O)c4ccccc4C3=O)c2)c1. The summed E-state index contributed by atoms with van der Waals surface area (Å²) in [6.45, 7) is 0.0387. The second-order valence-electron chi connectivity index (χ2n) is 7.20.